The highest BCUT2D eigenvalue weighted by molar-refractivity contribution is 7.19. The molecule has 0 unspecified atom stereocenters. The molecule has 1 aliphatic carbocycles. The van der Waals surface area contributed by atoms with Crippen molar-refractivity contribution in [1.29, 1.82) is 0 Å². The van der Waals surface area contributed by atoms with E-state index in [0.29, 0.717) is 25.6 Å². The van der Waals surface area contributed by atoms with Gasteiger partial charge in [0.1, 0.15) is 10.6 Å². The summed E-state index contributed by atoms with van der Waals surface area (Å²) in [6.07, 6.45) is 4.32. The number of hydrogen-bond acceptors (Lipinski definition) is 7. The number of rotatable bonds is 5. The molecule has 24 heavy (non-hydrogen) atoms. The molecule has 0 bridgehead atoms. The summed E-state index contributed by atoms with van der Waals surface area (Å²) in [5.41, 5.74) is 1.38. The molecule has 4 rings (SSSR count). The summed E-state index contributed by atoms with van der Waals surface area (Å²) in [7, 11) is 0. The molecule has 1 fully saturated rings. The van der Waals surface area contributed by atoms with Crippen LogP contribution in [0.1, 0.15) is 16.9 Å². The van der Waals surface area contributed by atoms with Crippen molar-refractivity contribution < 1.29 is 9.90 Å². The van der Waals surface area contributed by atoms with Gasteiger partial charge in [-0.2, -0.15) is 4.98 Å². The number of aromatic nitrogens is 2. The Morgan fingerprint density at radius 2 is 2.04 bits per heavy atom. The highest BCUT2D eigenvalue weighted by Crippen LogP contribution is 2.40. The summed E-state index contributed by atoms with van der Waals surface area (Å²) in [5.74, 6) is 1.55. The van der Waals surface area contributed by atoms with Gasteiger partial charge in [-0.1, -0.05) is 0 Å². The predicted octanol–water partition coefficient (Wildman–Crippen LogP) is 0.863. The van der Waals surface area contributed by atoms with Crippen LogP contribution in [0.15, 0.2) is 0 Å². The number of nitrogens with zero attached hydrogens (tertiary/aromatic N) is 4. The Morgan fingerprint density at radius 3 is 2.79 bits per heavy atom. The molecule has 8 heteroatoms. The van der Waals surface area contributed by atoms with Crippen molar-refractivity contribution in [2.24, 2.45) is 0 Å². The van der Waals surface area contributed by atoms with Gasteiger partial charge < -0.3 is 20.2 Å². The Kier molecular flexibility index (Phi) is 4.24. The van der Waals surface area contributed by atoms with E-state index in [4.69, 9.17) is 15.1 Å². The van der Waals surface area contributed by atoms with Gasteiger partial charge >= 0.3 is 0 Å². The fourth-order valence-corrected chi connectivity index (χ4v) is 4.71. The first-order chi connectivity index (χ1) is 11.8. The Labute approximate surface area is 144 Å². The monoisotopic (exact) mass is 347 g/mol. The number of aliphatic hydroxyl groups excluding tert-OH is 1. The second kappa shape index (κ2) is 6.52. The smallest absolute Gasteiger partial charge is 0.228 e. The number of piperazine rings is 1. The van der Waals surface area contributed by atoms with Crippen molar-refractivity contribution in [1.82, 2.24) is 14.9 Å². The van der Waals surface area contributed by atoms with Crippen LogP contribution in [0.3, 0.4) is 0 Å². The lowest BCUT2D eigenvalue weighted by Gasteiger charge is -2.32. The van der Waals surface area contributed by atoms with Gasteiger partial charge in [0.05, 0.1) is 12.0 Å². The van der Waals surface area contributed by atoms with Crippen molar-refractivity contribution in [2.45, 2.75) is 19.3 Å². The SMILES string of the molecule is O=CN1CCN(c2nc(NCCO)c3c4c(sc3n2)CCC4)CC1. The Hall–Kier alpha value is -1.93. The van der Waals surface area contributed by atoms with Crippen LogP contribution in [0.25, 0.3) is 10.2 Å². The summed E-state index contributed by atoms with van der Waals surface area (Å²) in [6.45, 7) is 3.44. The van der Waals surface area contributed by atoms with Gasteiger partial charge in [0.25, 0.3) is 0 Å². The molecule has 1 aliphatic heterocycles. The largest absolute Gasteiger partial charge is 0.395 e. The Bertz CT molecular complexity index is 754. The minimum atomic E-state index is 0.0746. The van der Waals surface area contributed by atoms with E-state index in [1.54, 1.807) is 16.2 Å². The molecule has 0 saturated carbocycles. The number of amides is 1. The van der Waals surface area contributed by atoms with E-state index in [0.717, 1.165) is 48.4 Å². The van der Waals surface area contributed by atoms with Crippen LogP contribution in [-0.4, -0.2) is 65.7 Å². The van der Waals surface area contributed by atoms with Crippen LogP contribution in [0.5, 0.6) is 0 Å². The first-order valence-electron chi connectivity index (χ1n) is 8.41. The summed E-state index contributed by atoms with van der Waals surface area (Å²) in [5, 5.41) is 13.6. The van der Waals surface area contributed by atoms with E-state index in [1.165, 1.54) is 16.9 Å². The van der Waals surface area contributed by atoms with Gasteiger partial charge in [0.2, 0.25) is 12.4 Å². The number of aryl methyl sites for hydroxylation is 2. The molecule has 7 nitrogen and oxygen atoms in total. The molecule has 2 aliphatic rings. The molecular weight excluding hydrogens is 326 g/mol. The second-order valence-corrected chi connectivity index (χ2v) is 7.27. The number of anilines is 2. The lowest BCUT2D eigenvalue weighted by atomic mass is 10.2. The number of carbonyl (C=O) groups excluding carboxylic acids is 1. The van der Waals surface area contributed by atoms with Crippen LogP contribution in [0.4, 0.5) is 11.8 Å². The summed E-state index contributed by atoms with van der Waals surface area (Å²) < 4.78 is 0. The van der Waals surface area contributed by atoms with Gasteiger partial charge in [-0.3, -0.25) is 4.79 Å². The first-order valence-corrected chi connectivity index (χ1v) is 9.23. The molecule has 0 radical (unpaired) electrons. The summed E-state index contributed by atoms with van der Waals surface area (Å²) in [6, 6.07) is 0. The average molecular weight is 347 g/mol. The van der Waals surface area contributed by atoms with Gasteiger partial charge in [0, 0.05) is 37.6 Å². The number of thiophene rings is 1. The van der Waals surface area contributed by atoms with E-state index < -0.39 is 0 Å². The molecule has 0 spiro atoms. The van der Waals surface area contributed by atoms with Crippen LogP contribution in [0, 0.1) is 0 Å². The van der Waals surface area contributed by atoms with Crippen LogP contribution < -0.4 is 10.2 Å². The molecular formula is C16H21N5O2S. The van der Waals surface area contributed by atoms with Gasteiger partial charge in [-0.05, 0) is 24.8 Å². The number of carbonyl (C=O) groups is 1. The third kappa shape index (κ3) is 2.69. The maximum Gasteiger partial charge on any atom is 0.228 e. The molecule has 1 saturated heterocycles. The highest BCUT2D eigenvalue weighted by atomic mass is 32.1. The molecule has 2 N–H and O–H groups in total. The fourth-order valence-electron chi connectivity index (χ4n) is 3.46. The zero-order valence-electron chi connectivity index (χ0n) is 13.5. The van der Waals surface area contributed by atoms with E-state index in [1.807, 2.05) is 0 Å². The molecule has 0 atom stereocenters. The molecule has 0 aromatic carbocycles. The third-order valence-corrected chi connectivity index (χ3v) is 5.89. The number of fused-ring (bicyclic) bond motifs is 3. The summed E-state index contributed by atoms with van der Waals surface area (Å²) >= 11 is 1.77. The quantitative estimate of drug-likeness (QED) is 0.781. The highest BCUT2D eigenvalue weighted by Gasteiger charge is 2.24. The Balaban J connectivity index is 1.70. The van der Waals surface area contributed by atoms with Crippen LogP contribution in [0.2, 0.25) is 0 Å². The minimum absolute atomic E-state index is 0.0746. The standard InChI is InChI=1S/C16H21N5O2S/c22-9-4-17-14-13-11-2-1-3-12(11)24-15(13)19-16(18-14)21-7-5-20(10-23)6-8-21/h10,22H,1-9H2,(H,17,18,19). The van der Waals surface area contributed by atoms with Crippen LogP contribution >= 0.6 is 11.3 Å². The van der Waals surface area contributed by atoms with Gasteiger partial charge in [-0.15, -0.1) is 11.3 Å². The zero-order chi connectivity index (χ0) is 16.5. The summed E-state index contributed by atoms with van der Waals surface area (Å²) in [4.78, 5) is 26.8. The topological polar surface area (TPSA) is 81.6 Å². The van der Waals surface area contributed by atoms with Gasteiger partial charge in [-0.25, -0.2) is 4.98 Å². The van der Waals surface area contributed by atoms with Crippen LogP contribution in [-0.2, 0) is 17.6 Å². The maximum atomic E-state index is 10.9. The molecule has 1 amide bonds. The third-order valence-electron chi connectivity index (χ3n) is 4.70. The molecule has 128 valence electrons. The Morgan fingerprint density at radius 1 is 1.21 bits per heavy atom. The average Bonchev–Trinajstić information content (AvgIpc) is 3.20. The molecule has 3 heterocycles. The number of nitrogens with one attached hydrogen (secondary N) is 1. The van der Waals surface area contributed by atoms with E-state index >= 15 is 0 Å². The lowest BCUT2D eigenvalue weighted by Crippen LogP contribution is -2.46. The van der Waals surface area contributed by atoms with Crippen molar-refractivity contribution >= 4 is 39.7 Å². The van der Waals surface area contributed by atoms with E-state index in [2.05, 4.69) is 10.2 Å². The number of hydrogen-bond donors (Lipinski definition) is 2. The minimum Gasteiger partial charge on any atom is -0.395 e. The maximum absolute atomic E-state index is 10.9. The van der Waals surface area contributed by atoms with E-state index in [9.17, 15) is 4.79 Å². The van der Waals surface area contributed by atoms with Crippen molar-refractivity contribution in [3.05, 3.63) is 10.4 Å². The normalized spacial score (nSPS) is 17.4. The fraction of sp³-hybridized carbons (Fsp3) is 0.562. The molecule has 2 aromatic heterocycles. The van der Waals surface area contributed by atoms with Crippen molar-refractivity contribution in [3.63, 3.8) is 0 Å². The van der Waals surface area contributed by atoms with Crippen molar-refractivity contribution in [2.75, 3.05) is 49.5 Å². The zero-order valence-corrected chi connectivity index (χ0v) is 14.3. The number of aliphatic hydroxyl groups is 1. The molecule has 2 aromatic rings. The first kappa shape index (κ1) is 15.6. The van der Waals surface area contributed by atoms with Crippen molar-refractivity contribution in [3.8, 4) is 0 Å². The predicted molar refractivity (Wildman–Crippen MR) is 94.9 cm³/mol. The lowest BCUT2D eigenvalue weighted by molar-refractivity contribution is -0.118. The van der Waals surface area contributed by atoms with Gasteiger partial charge in [0.15, 0.2) is 0 Å². The van der Waals surface area contributed by atoms with E-state index in [-0.39, 0.29) is 6.61 Å². The second-order valence-electron chi connectivity index (χ2n) is 6.19.